The normalized spacial score (nSPS) is 28.7. The van der Waals surface area contributed by atoms with E-state index in [2.05, 4.69) is 13.1 Å². The summed E-state index contributed by atoms with van der Waals surface area (Å²) in [6, 6.07) is 0. The molecule has 1 aliphatic heterocycles. The minimum atomic E-state index is -5.69. The lowest BCUT2D eigenvalue weighted by atomic mass is 9.96. The molecule has 0 aliphatic carbocycles. The van der Waals surface area contributed by atoms with Crippen molar-refractivity contribution in [3.8, 4) is 0 Å². The number of hydrogen-bond acceptors (Lipinski definition) is 8. The summed E-state index contributed by atoms with van der Waals surface area (Å²) in [5.74, 6) is -1.19. The van der Waals surface area contributed by atoms with E-state index in [1.54, 1.807) is 13.8 Å². The van der Waals surface area contributed by atoms with Gasteiger partial charge in [0.15, 0.2) is 17.5 Å². The molecule has 26 heavy (non-hydrogen) atoms. The molecule has 0 radical (unpaired) electrons. The summed E-state index contributed by atoms with van der Waals surface area (Å²) in [4.78, 5) is 35.3. The van der Waals surface area contributed by atoms with Crippen molar-refractivity contribution >= 4 is 23.5 Å². The molecule has 1 aliphatic rings. The Hall–Kier alpha value is -0.420. The molecule has 12 nitrogen and oxygen atoms in total. The summed E-state index contributed by atoms with van der Waals surface area (Å²) >= 11 is 0. The van der Waals surface area contributed by atoms with Crippen LogP contribution in [-0.4, -0.2) is 43.0 Å². The van der Waals surface area contributed by atoms with Crippen molar-refractivity contribution in [2.24, 2.45) is 5.92 Å². The standard InChI is InChI=1S/C10H18FO12P3/c1-7(2)3-4-10(9(12)8(11)5-20-10)6-21-25(16,17)23-26(18,19)22-24(13,14)15/h3-5,7,9,12H,6H2,1-2H3,(H,16,17)(H,18,19)(H2,13,14,15)/b4-3+/t9-,10+/m0/s1. The fourth-order valence-corrected chi connectivity index (χ4v) is 4.72. The van der Waals surface area contributed by atoms with Crippen LogP contribution in [0, 0.1) is 5.92 Å². The van der Waals surface area contributed by atoms with Crippen LogP contribution in [0.2, 0.25) is 0 Å². The molecule has 16 heteroatoms. The Morgan fingerprint density at radius 1 is 1.23 bits per heavy atom. The molecular weight excluding hydrogens is 424 g/mol. The average molecular weight is 442 g/mol. The van der Waals surface area contributed by atoms with E-state index in [0.29, 0.717) is 6.26 Å². The summed E-state index contributed by atoms with van der Waals surface area (Å²) < 4.78 is 63.4. The smallest absolute Gasteiger partial charge is 0.482 e. The molecule has 0 aromatic carbocycles. The SMILES string of the molecule is CC(C)/C=C/[C@]1(COP(=O)(O)OP(=O)(O)OP(=O)(O)O)OC=C(F)[C@@H]1O. The molecule has 4 atom stereocenters. The van der Waals surface area contributed by atoms with Gasteiger partial charge in [-0.1, -0.05) is 19.9 Å². The molecule has 2 unspecified atom stereocenters. The predicted octanol–water partition coefficient (Wildman–Crippen LogP) is 1.48. The second-order valence-corrected chi connectivity index (χ2v) is 9.87. The first-order chi connectivity index (χ1) is 11.6. The van der Waals surface area contributed by atoms with Crippen molar-refractivity contribution in [3.63, 3.8) is 0 Å². The highest BCUT2D eigenvalue weighted by molar-refractivity contribution is 7.66. The first-order valence-electron chi connectivity index (χ1n) is 6.77. The van der Waals surface area contributed by atoms with Gasteiger partial charge in [0.1, 0.15) is 12.9 Å². The van der Waals surface area contributed by atoms with Crippen molar-refractivity contribution in [2.75, 3.05) is 6.61 Å². The lowest BCUT2D eigenvalue weighted by Gasteiger charge is -2.29. The van der Waals surface area contributed by atoms with Gasteiger partial charge >= 0.3 is 23.5 Å². The Morgan fingerprint density at radius 3 is 2.23 bits per heavy atom. The maximum Gasteiger partial charge on any atom is 0.490 e. The number of phosphoric acid groups is 3. The van der Waals surface area contributed by atoms with Gasteiger partial charge in [0.2, 0.25) is 0 Å². The Morgan fingerprint density at radius 2 is 1.81 bits per heavy atom. The Bertz CT molecular complexity index is 714. The molecule has 0 aromatic heterocycles. The van der Waals surface area contributed by atoms with Crippen LogP contribution >= 0.6 is 23.5 Å². The van der Waals surface area contributed by atoms with E-state index in [4.69, 9.17) is 19.4 Å². The number of aliphatic hydroxyl groups excluding tert-OH is 1. The van der Waals surface area contributed by atoms with Gasteiger partial charge in [-0.05, 0) is 12.0 Å². The number of phosphoric ester groups is 1. The highest BCUT2D eigenvalue weighted by Crippen LogP contribution is 2.66. The van der Waals surface area contributed by atoms with E-state index < -0.39 is 47.6 Å². The molecule has 0 saturated heterocycles. The minimum Gasteiger partial charge on any atom is -0.482 e. The molecule has 0 saturated carbocycles. The van der Waals surface area contributed by atoms with Gasteiger partial charge in [0, 0.05) is 0 Å². The third-order valence-corrected chi connectivity index (χ3v) is 6.53. The Labute approximate surface area is 147 Å². The van der Waals surface area contributed by atoms with Crippen molar-refractivity contribution in [1.82, 2.24) is 0 Å². The van der Waals surface area contributed by atoms with E-state index in [1.807, 2.05) is 0 Å². The highest BCUT2D eigenvalue weighted by Gasteiger charge is 2.48. The van der Waals surface area contributed by atoms with Crippen LogP contribution in [0.15, 0.2) is 24.2 Å². The minimum absolute atomic E-state index is 0.0853. The second kappa shape index (κ2) is 8.30. The van der Waals surface area contributed by atoms with E-state index in [1.165, 1.54) is 6.08 Å². The van der Waals surface area contributed by atoms with Crippen molar-refractivity contribution in [2.45, 2.75) is 25.6 Å². The molecule has 0 aromatic rings. The molecule has 0 fully saturated rings. The fraction of sp³-hybridized carbons (Fsp3) is 0.600. The van der Waals surface area contributed by atoms with Crippen molar-refractivity contribution in [1.29, 1.82) is 0 Å². The van der Waals surface area contributed by atoms with Crippen molar-refractivity contribution in [3.05, 3.63) is 24.2 Å². The third-order valence-electron chi connectivity index (χ3n) is 2.75. The molecule has 1 heterocycles. The van der Waals surface area contributed by atoms with Crippen LogP contribution in [0.3, 0.4) is 0 Å². The lowest BCUT2D eigenvalue weighted by molar-refractivity contribution is -0.0422. The Balaban J connectivity index is 2.90. The topological polar surface area (TPSA) is 189 Å². The van der Waals surface area contributed by atoms with Crippen molar-refractivity contribution < 1.29 is 60.6 Å². The van der Waals surface area contributed by atoms with Gasteiger partial charge in [-0.3, -0.25) is 4.52 Å². The second-order valence-electron chi connectivity index (χ2n) is 5.45. The molecule has 0 spiro atoms. The number of aliphatic hydroxyl groups is 1. The van der Waals surface area contributed by atoms with Gasteiger partial charge in [-0.2, -0.15) is 8.62 Å². The van der Waals surface area contributed by atoms with E-state index in [9.17, 15) is 28.1 Å². The van der Waals surface area contributed by atoms with Gasteiger partial charge in [-0.15, -0.1) is 0 Å². The van der Waals surface area contributed by atoms with E-state index in [-0.39, 0.29) is 5.92 Å². The van der Waals surface area contributed by atoms with E-state index in [0.717, 1.165) is 6.08 Å². The Kier molecular flexibility index (Phi) is 7.54. The summed E-state index contributed by atoms with van der Waals surface area (Å²) in [5.41, 5.74) is -1.97. The van der Waals surface area contributed by atoms with Crippen LogP contribution in [0.1, 0.15) is 13.8 Å². The molecule has 0 bridgehead atoms. The number of hydrogen-bond donors (Lipinski definition) is 5. The van der Waals surface area contributed by atoms with Gasteiger partial charge in [-0.25, -0.2) is 18.1 Å². The van der Waals surface area contributed by atoms with Gasteiger partial charge in [0.25, 0.3) is 0 Å². The first kappa shape index (κ1) is 23.6. The summed E-state index contributed by atoms with van der Waals surface area (Å²) in [6.07, 6.45) is 1.27. The number of ether oxygens (including phenoxy) is 1. The predicted molar refractivity (Wildman–Crippen MR) is 82.8 cm³/mol. The highest BCUT2D eigenvalue weighted by atomic mass is 31.3. The first-order valence-corrected chi connectivity index (χ1v) is 11.3. The third kappa shape index (κ3) is 7.30. The largest absolute Gasteiger partial charge is 0.490 e. The van der Waals surface area contributed by atoms with Crippen LogP contribution in [0.4, 0.5) is 4.39 Å². The maximum absolute atomic E-state index is 13.5. The fourth-order valence-electron chi connectivity index (χ4n) is 1.66. The zero-order valence-electron chi connectivity index (χ0n) is 13.4. The molecule has 1 rings (SSSR count). The van der Waals surface area contributed by atoms with Gasteiger partial charge < -0.3 is 29.4 Å². The summed E-state index contributed by atoms with van der Waals surface area (Å²) in [6.45, 7) is 2.44. The number of allylic oxidation sites excluding steroid dienone is 1. The zero-order valence-corrected chi connectivity index (χ0v) is 16.1. The monoisotopic (exact) mass is 442 g/mol. The van der Waals surface area contributed by atoms with E-state index >= 15 is 0 Å². The zero-order chi connectivity index (χ0) is 20.4. The van der Waals surface area contributed by atoms with Crippen LogP contribution in [0.25, 0.3) is 0 Å². The lowest BCUT2D eigenvalue weighted by Crippen LogP contribution is -2.43. The number of rotatable bonds is 9. The van der Waals surface area contributed by atoms with Crippen LogP contribution in [-0.2, 0) is 31.6 Å². The van der Waals surface area contributed by atoms with Crippen LogP contribution < -0.4 is 0 Å². The molecule has 0 amide bonds. The average Bonchev–Trinajstić information content (AvgIpc) is 2.68. The van der Waals surface area contributed by atoms with Gasteiger partial charge in [0.05, 0.1) is 0 Å². The quantitative estimate of drug-likeness (QED) is 0.256. The maximum atomic E-state index is 13.5. The summed E-state index contributed by atoms with van der Waals surface area (Å²) in [7, 11) is -16.7. The molecule has 5 N–H and O–H groups in total. The van der Waals surface area contributed by atoms with Crippen LogP contribution in [0.5, 0.6) is 0 Å². The molecular formula is C10H18FO12P3. The number of halogens is 1. The summed E-state index contributed by atoms with van der Waals surface area (Å²) in [5, 5.41) is 9.86. The molecule has 152 valence electrons.